The number of nitro benzene ring substituents is 1. The topological polar surface area (TPSA) is 138 Å². The van der Waals surface area contributed by atoms with E-state index >= 15 is 0 Å². The van der Waals surface area contributed by atoms with Gasteiger partial charge in [0.05, 0.1) is 10.6 Å². The van der Waals surface area contributed by atoms with Crippen molar-refractivity contribution in [2.24, 2.45) is 10.2 Å². The summed E-state index contributed by atoms with van der Waals surface area (Å²) in [6.45, 7) is 0. The highest BCUT2D eigenvalue weighted by atomic mass is 16.6. The van der Waals surface area contributed by atoms with Crippen LogP contribution >= 0.6 is 0 Å². The van der Waals surface area contributed by atoms with E-state index < -0.39 is 10.9 Å². The van der Waals surface area contributed by atoms with Gasteiger partial charge in [-0.25, -0.2) is 9.78 Å². The van der Waals surface area contributed by atoms with Crippen molar-refractivity contribution in [3.8, 4) is 5.75 Å². The Balaban J connectivity index is 2.26. The molecule has 0 radical (unpaired) electrons. The monoisotopic (exact) mass is 288 g/mol. The molecule has 0 saturated carbocycles. The third-order valence-electron chi connectivity index (χ3n) is 2.39. The number of carboxylic acids is 1. The summed E-state index contributed by atoms with van der Waals surface area (Å²) in [5.41, 5.74) is -0.0872. The third-order valence-corrected chi connectivity index (χ3v) is 2.39. The Morgan fingerprint density at radius 3 is 2.38 bits per heavy atom. The molecule has 0 saturated heterocycles. The zero-order chi connectivity index (χ0) is 15.4. The van der Waals surface area contributed by atoms with E-state index in [-0.39, 0.29) is 22.9 Å². The maximum atomic E-state index is 10.8. The van der Waals surface area contributed by atoms with Crippen molar-refractivity contribution in [1.82, 2.24) is 4.98 Å². The van der Waals surface area contributed by atoms with Gasteiger partial charge in [-0.05, 0) is 24.3 Å². The Bertz CT molecular complexity index is 727. The lowest BCUT2D eigenvalue weighted by Gasteiger charge is -1.98. The van der Waals surface area contributed by atoms with Gasteiger partial charge in [-0.1, -0.05) is 0 Å². The standard InChI is InChI=1S/C12H8N4O5/c17-10-6-5-9(12(18)19)13-11(10)15-14-7-1-3-8(4-2-7)16(20)21/h1-6,17H,(H,18,19). The van der Waals surface area contributed by atoms with Crippen LogP contribution in [0.1, 0.15) is 10.5 Å². The molecule has 1 heterocycles. The van der Waals surface area contributed by atoms with Gasteiger partial charge in [0.15, 0.2) is 11.4 Å². The lowest BCUT2D eigenvalue weighted by Crippen LogP contribution is -1.98. The summed E-state index contributed by atoms with van der Waals surface area (Å²) in [5.74, 6) is -1.85. The van der Waals surface area contributed by atoms with Gasteiger partial charge in [0, 0.05) is 12.1 Å². The number of aromatic nitrogens is 1. The number of carboxylic acid groups (broad SMARTS) is 1. The van der Waals surface area contributed by atoms with Crippen molar-refractivity contribution in [1.29, 1.82) is 0 Å². The summed E-state index contributed by atoms with van der Waals surface area (Å²) in [4.78, 5) is 24.3. The Kier molecular flexibility index (Phi) is 3.84. The van der Waals surface area contributed by atoms with E-state index in [9.17, 15) is 20.0 Å². The second kappa shape index (κ2) is 5.74. The molecule has 2 rings (SSSR count). The van der Waals surface area contributed by atoms with E-state index in [2.05, 4.69) is 15.2 Å². The Morgan fingerprint density at radius 2 is 1.81 bits per heavy atom. The number of aromatic carboxylic acids is 1. The van der Waals surface area contributed by atoms with Crippen LogP contribution in [0.2, 0.25) is 0 Å². The maximum absolute atomic E-state index is 10.8. The molecular weight excluding hydrogens is 280 g/mol. The van der Waals surface area contributed by atoms with Gasteiger partial charge in [-0.2, -0.15) is 0 Å². The van der Waals surface area contributed by atoms with Crippen molar-refractivity contribution in [3.05, 3.63) is 52.2 Å². The van der Waals surface area contributed by atoms with Gasteiger partial charge in [-0.3, -0.25) is 10.1 Å². The molecule has 106 valence electrons. The minimum absolute atomic E-state index is 0.0946. The molecule has 0 aliphatic heterocycles. The van der Waals surface area contributed by atoms with E-state index in [4.69, 9.17) is 5.11 Å². The van der Waals surface area contributed by atoms with E-state index in [0.717, 1.165) is 12.1 Å². The molecule has 21 heavy (non-hydrogen) atoms. The third kappa shape index (κ3) is 3.35. The van der Waals surface area contributed by atoms with E-state index in [1.165, 1.54) is 24.3 Å². The number of rotatable bonds is 4. The van der Waals surface area contributed by atoms with Gasteiger partial charge in [-0.15, -0.1) is 10.2 Å². The number of azo groups is 1. The molecule has 0 atom stereocenters. The number of hydrogen-bond donors (Lipinski definition) is 2. The number of carbonyl (C=O) groups is 1. The number of non-ortho nitro benzene ring substituents is 1. The largest absolute Gasteiger partial charge is 0.504 e. The number of benzene rings is 1. The molecule has 0 fully saturated rings. The summed E-state index contributed by atoms with van der Waals surface area (Å²) in [6.07, 6.45) is 0. The van der Waals surface area contributed by atoms with Crippen LogP contribution in [0.25, 0.3) is 0 Å². The number of pyridine rings is 1. The van der Waals surface area contributed by atoms with Crippen molar-refractivity contribution >= 4 is 23.2 Å². The molecule has 0 aliphatic rings. The first-order valence-electron chi connectivity index (χ1n) is 5.57. The highest BCUT2D eigenvalue weighted by Gasteiger charge is 2.09. The van der Waals surface area contributed by atoms with Gasteiger partial charge in [0.25, 0.3) is 5.69 Å². The Morgan fingerprint density at radius 1 is 1.14 bits per heavy atom. The minimum atomic E-state index is -1.26. The van der Waals surface area contributed by atoms with Crippen LogP contribution in [0, 0.1) is 10.1 Å². The summed E-state index contributed by atoms with van der Waals surface area (Å²) < 4.78 is 0. The van der Waals surface area contributed by atoms with Crippen LogP contribution in [0.3, 0.4) is 0 Å². The fraction of sp³-hybridized carbons (Fsp3) is 0. The average molecular weight is 288 g/mol. The molecule has 0 unspecified atom stereocenters. The lowest BCUT2D eigenvalue weighted by atomic mass is 10.3. The van der Waals surface area contributed by atoms with Crippen LogP contribution in [0.15, 0.2) is 46.6 Å². The quantitative estimate of drug-likeness (QED) is 0.503. The van der Waals surface area contributed by atoms with Crippen LogP contribution < -0.4 is 0 Å². The fourth-order valence-electron chi connectivity index (χ4n) is 1.38. The van der Waals surface area contributed by atoms with Crippen molar-refractivity contribution < 1.29 is 19.9 Å². The van der Waals surface area contributed by atoms with Crippen LogP contribution in [-0.2, 0) is 0 Å². The Hall–Kier alpha value is -3.36. The van der Waals surface area contributed by atoms with Crippen molar-refractivity contribution in [3.63, 3.8) is 0 Å². The van der Waals surface area contributed by atoms with Gasteiger partial charge in [0.1, 0.15) is 0 Å². The molecule has 0 spiro atoms. The second-order valence-corrected chi connectivity index (χ2v) is 3.82. The van der Waals surface area contributed by atoms with E-state index in [1.807, 2.05) is 0 Å². The molecule has 0 bridgehead atoms. The lowest BCUT2D eigenvalue weighted by molar-refractivity contribution is -0.384. The molecule has 1 aromatic carbocycles. The molecular formula is C12H8N4O5. The van der Waals surface area contributed by atoms with E-state index in [1.54, 1.807) is 0 Å². The number of hydrogen-bond acceptors (Lipinski definition) is 7. The minimum Gasteiger partial charge on any atom is -0.504 e. The predicted molar refractivity (Wildman–Crippen MR) is 70.1 cm³/mol. The summed E-state index contributed by atoms with van der Waals surface area (Å²) in [6, 6.07) is 7.48. The van der Waals surface area contributed by atoms with Crippen LogP contribution in [-0.4, -0.2) is 26.1 Å². The summed E-state index contributed by atoms with van der Waals surface area (Å²) >= 11 is 0. The first kappa shape index (κ1) is 14.1. The van der Waals surface area contributed by atoms with E-state index in [0.29, 0.717) is 5.69 Å². The van der Waals surface area contributed by atoms with Gasteiger partial charge < -0.3 is 10.2 Å². The Labute approximate surface area is 117 Å². The average Bonchev–Trinajstić information content (AvgIpc) is 2.46. The van der Waals surface area contributed by atoms with Crippen molar-refractivity contribution in [2.75, 3.05) is 0 Å². The molecule has 9 nitrogen and oxygen atoms in total. The van der Waals surface area contributed by atoms with Crippen LogP contribution in [0.4, 0.5) is 17.2 Å². The second-order valence-electron chi connectivity index (χ2n) is 3.82. The zero-order valence-corrected chi connectivity index (χ0v) is 10.4. The fourth-order valence-corrected chi connectivity index (χ4v) is 1.38. The predicted octanol–water partition coefficient (Wildman–Crippen LogP) is 2.81. The molecule has 9 heteroatoms. The van der Waals surface area contributed by atoms with Gasteiger partial charge in [0.2, 0.25) is 5.82 Å². The number of nitrogens with zero attached hydrogens (tertiary/aromatic N) is 4. The SMILES string of the molecule is O=C(O)c1ccc(O)c(N=Nc2ccc([N+](=O)[O-])cc2)n1. The molecule has 0 aliphatic carbocycles. The number of aromatic hydroxyl groups is 1. The van der Waals surface area contributed by atoms with Crippen molar-refractivity contribution in [2.45, 2.75) is 0 Å². The van der Waals surface area contributed by atoms with Crippen LogP contribution in [0.5, 0.6) is 5.75 Å². The summed E-state index contributed by atoms with van der Waals surface area (Å²) in [7, 11) is 0. The smallest absolute Gasteiger partial charge is 0.354 e. The molecule has 1 aromatic heterocycles. The highest BCUT2D eigenvalue weighted by Crippen LogP contribution is 2.26. The highest BCUT2D eigenvalue weighted by molar-refractivity contribution is 5.86. The first-order chi connectivity index (χ1) is 9.97. The zero-order valence-electron chi connectivity index (χ0n) is 10.4. The molecule has 0 amide bonds. The normalized spacial score (nSPS) is 10.7. The maximum Gasteiger partial charge on any atom is 0.354 e. The molecule has 2 aromatic rings. The van der Waals surface area contributed by atoms with Gasteiger partial charge >= 0.3 is 5.97 Å². The molecule has 2 N–H and O–H groups in total. The summed E-state index contributed by atoms with van der Waals surface area (Å²) in [5, 5.41) is 36.1. The first-order valence-corrected chi connectivity index (χ1v) is 5.57. The number of nitro groups is 1.